The molecule has 2 aromatic rings. The van der Waals surface area contributed by atoms with Crippen molar-refractivity contribution in [2.75, 3.05) is 20.3 Å². The fourth-order valence-electron chi connectivity index (χ4n) is 3.17. The third-order valence-corrected chi connectivity index (χ3v) is 4.55. The second-order valence-electron chi connectivity index (χ2n) is 7.06. The molecule has 9 nitrogen and oxygen atoms in total. The van der Waals surface area contributed by atoms with E-state index in [0.717, 1.165) is 18.3 Å². The number of ether oxygens (including phenoxy) is 2. The Morgan fingerprint density at radius 2 is 1.97 bits per heavy atom. The number of carbonyl (C=O) groups excluding carboxylic acids is 2. The second-order valence-corrected chi connectivity index (χ2v) is 7.06. The van der Waals surface area contributed by atoms with Gasteiger partial charge in [0.2, 0.25) is 0 Å². The summed E-state index contributed by atoms with van der Waals surface area (Å²) in [6, 6.07) is 3.21. The quantitative estimate of drug-likeness (QED) is 0.480. The van der Waals surface area contributed by atoms with Gasteiger partial charge in [-0.25, -0.2) is 9.78 Å². The lowest BCUT2D eigenvalue weighted by molar-refractivity contribution is -0.274. The van der Waals surface area contributed by atoms with E-state index in [1.54, 1.807) is 0 Å². The number of nitrogens with zero attached hydrogens (tertiary/aromatic N) is 2. The number of nitrogens with one attached hydrogen (secondary N) is 1. The normalized spacial score (nSPS) is 18.6. The Balaban J connectivity index is 1.83. The maximum Gasteiger partial charge on any atom is 0.573 e. The van der Waals surface area contributed by atoms with Gasteiger partial charge in [0.15, 0.2) is 5.76 Å². The summed E-state index contributed by atoms with van der Waals surface area (Å²) >= 11 is 0. The number of methoxy groups -OCH3 is 1. The van der Waals surface area contributed by atoms with Gasteiger partial charge in [0.05, 0.1) is 18.8 Å². The van der Waals surface area contributed by atoms with Crippen LogP contribution >= 0.6 is 0 Å². The molecule has 15 heteroatoms. The van der Waals surface area contributed by atoms with Crippen LogP contribution in [0.15, 0.2) is 34.9 Å². The molecule has 1 aromatic carbocycles. The minimum Gasteiger partial charge on any atom is -0.432 e. The van der Waals surface area contributed by atoms with Crippen molar-refractivity contribution in [1.82, 2.24) is 15.4 Å². The topological polar surface area (TPSA) is 103 Å². The number of hydrogen-bond acceptors (Lipinski definition) is 8. The molecular formula is C19H17F6N3O6. The Bertz CT molecular complexity index is 1020. The zero-order chi connectivity index (χ0) is 25.1. The van der Waals surface area contributed by atoms with Crippen LogP contribution in [0.2, 0.25) is 0 Å². The molecule has 186 valence electrons. The van der Waals surface area contributed by atoms with E-state index in [-0.39, 0.29) is 42.0 Å². The van der Waals surface area contributed by atoms with Gasteiger partial charge in [0.1, 0.15) is 5.75 Å². The molecule has 0 spiro atoms. The van der Waals surface area contributed by atoms with Crippen LogP contribution in [0, 0.1) is 0 Å². The summed E-state index contributed by atoms with van der Waals surface area (Å²) in [6.45, 7) is 0.167. The standard InChI is InChI=1S/C19H17F6N3O6/c1-31-9-11-6-12(7-26-11)28(34-17(30)18(20,21)22)16(29)15-27-8-14(32-15)10-3-2-4-13(5-10)33-19(23,24)25/h2-5,8,11-12,26H,6-7,9H2,1H3/t11-,12-/m1/s1. The highest BCUT2D eigenvalue weighted by Crippen LogP contribution is 2.29. The highest BCUT2D eigenvalue weighted by atomic mass is 19.4. The first kappa shape index (κ1) is 25.3. The van der Waals surface area contributed by atoms with E-state index in [1.165, 1.54) is 19.2 Å². The highest BCUT2D eigenvalue weighted by Gasteiger charge is 2.46. The van der Waals surface area contributed by atoms with Crippen LogP contribution in [0.5, 0.6) is 5.75 Å². The number of alkyl halides is 6. The molecule has 2 heterocycles. The van der Waals surface area contributed by atoms with Crippen molar-refractivity contribution >= 4 is 11.9 Å². The number of halogens is 6. The fraction of sp³-hybridized carbons (Fsp3) is 0.421. The molecule has 1 aliphatic heterocycles. The van der Waals surface area contributed by atoms with Gasteiger partial charge in [0, 0.05) is 25.3 Å². The van der Waals surface area contributed by atoms with Crippen molar-refractivity contribution in [2.24, 2.45) is 0 Å². The number of amides is 1. The summed E-state index contributed by atoms with van der Waals surface area (Å²) in [5.41, 5.74) is 0.0369. The molecule has 0 radical (unpaired) electrons. The number of oxazole rings is 1. The van der Waals surface area contributed by atoms with Crippen LogP contribution in [-0.4, -0.2) is 66.8 Å². The molecule has 1 aromatic heterocycles. The number of benzene rings is 1. The SMILES string of the molecule is COC[C@H]1C[C@@H](N(OC(=O)C(F)(F)F)C(=O)c2ncc(-c3cccc(OC(F)(F)F)c3)o2)CN1. The molecule has 0 unspecified atom stereocenters. The molecular weight excluding hydrogens is 480 g/mol. The first-order chi connectivity index (χ1) is 15.9. The summed E-state index contributed by atoms with van der Waals surface area (Å²) in [5, 5.41) is 3.13. The average Bonchev–Trinajstić information content (AvgIpc) is 3.40. The molecule has 1 aliphatic rings. The van der Waals surface area contributed by atoms with Gasteiger partial charge in [-0.05, 0) is 18.6 Å². The molecule has 1 N–H and O–H groups in total. The van der Waals surface area contributed by atoms with E-state index in [2.05, 4.69) is 19.9 Å². The Hall–Kier alpha value is -3.33. The monoisotopic (exact) mass is 497 g/mol. The van der Waals surface area contributed by atoms with Crippen LogP contribution in [0.25, 0.3) is 11.3 Å². The predicted octanol–water partition coefficient (Wildman–Crippen LogP) is 3.08. The van der Waals surface area contributed by atoms with Crippen LogP contribution in [0.1, 0.15) is 17.1 Å². The van der Waals surface area contributed by atoms with Crippen molar-refractivity contribution in [1.29, 1.82) is 0 Å². The van der Waals surface area contributed by atoms with Crippen molar-refractivity contribution in [3.8, 4) is 17.1 Å². The van der Waals surface area contributed by atoms with Crippen molar-refractivity contribution in [3.63, 3.8) is 0 Å². The lowest BCUT2D eigenvalue weighted by Gasteiger charge is -2.25. The van der Waals surface area contributed by atoms with Gasteiger partial charge in [-0.15, -0.1) is 13.2 Å². The first-order valence-electron chi connectivity index (χ1n) is 9.54. The summed E-state index contributed by atoms with van der Waals surface area (Å²) < 4.78 is 89.6. The van der Waals surface area contributed by atoms with Crippen LogP contribution in [0.3, 0.4) is 0 Å². The number of rotatable bonds is 6. The molecule has 0 aliphatic carbocycles. The van der Waals surface area contributed by atoms with Gasteiger partial charge < -0.3 is 24.0 Å². The maximum atomic E-state index is 12.9. The molecule has 3 rings (SSSR count). The molecule has 34 heavy (non-hydrogen) atoms. The Labute approximate surface area is 187 Å². The van der Waals surface area contributed by atoms with E-state index in [9.17, 15) is 35.9 Å². The molecule has 0 saturated carbocycles. The number of hydroxylamine groups is 2. The zero-order valence-corrected chi connectivity index (χ0v) is 17.3. The van der Waals surface area contributed by atoms with Gasteiger partial charge in [-0.3, -0.25) is 4.79 Å². The number of carbonyl (C=O) groups is 2. The van der Waals surface area contributed by atoms with E-state index < -0.39 is 42.1 Å². The van der Waals surface area contributed by atoms with Gasteiger partial charge in [-0.2, -0.15) is 18.2 Å². The van der Waals surface area contributed by atoms with Crippen LogP contribution in [-0.2, 0) is 14.4 Å². The van der Waals surface area contributed by atoms with E-state index >= 15 is 0 Å². The summed E-state index contributed by atoms with van der Waals surface area (Å²) in [5.74, 6) is -5.42. The Morgan fingerprint density at radius 1 is 1.24 bits per heavy atom. The molecule has 1 saturated heterocycles. The number of aromatic nitrogens is 1. The smallest absolute Gasteiger partial charge is 0.432 e. The summed E-state index contributed by atoms with van der Waals surface area (Å²) in [7, 11) is 1.41. The molecule has 1 fully saturated rings. The molecule has 2 atom stereocenters. The minimum atomic E-state index is -5.38. The van der Waals surface area contributed by atoms with E-state index in [0.29, 0.717) is 0 Å². The third kappa shape index (κ3) is 6.38. The van der Waals surface area contributed by atoms with Crippen LogP contribution < -0.4 is 10.1 Å². The lowest BCUT2D eigenvalue weighted by Crippen LogP contribution is -2.45. The second kappa shape index (κ2) is 9.89. The van der Waals surface area contributed by atoms with Gasteiger partial charge in [0.25, 0.3) is 5.89 Å². The summed E-state index contributed by atoms with van der Waals surface area (Å²) in [4.78, 5) is 32.3. The fourth-order valence-corrected chi connectivity index (χ4v) is 3.17. The first-order valence-corrected chi connectivity index (χ1v) is 9.54. The van der Waals surface area contributed by atoms with E-state index in [1.807, 2.05) is 0 Å². The largest absolute Gasteiger partial charge is 0.573 e. The number of hydrogen-bond donors (Lipinski definition) is 1. The highest BCUT2D eigenvalue weighted by molar-refractivity contribution is 5.91. The summed E-state index contributed by atoms with van der Waals surface area (Å²) in [6.07, 6.45) is -9.25. The van der Waals surface area contributed by atoms with Gasteiger partial charge >= 0.3 is 24.4 Å². The van der Waals surface area contributed by atoms with Crippen molar-refractivity contribution in [3.05, 3.63) is 36.4 Å². The van der Waals surface area contributed by atoms with E-state index in [4.69, 9.17) is 9.15 Å². The van der Waals surface area contributed by atoms with Gasteiger partial charge in [-0.1, -0.05) is 12.1 Å². The zero-order valence-electron chi connectivity index (χ0n) is 17.3. The molecule has 1 amide bonds. The molecule has 0 bridgehead atoms. The van der Waals surface area contributed by atoms with Crippen molar-refractivity contribution in [2.45, 2.75) is 31.0 Å². The third-order valence-electron chi connectivity index (χ3n) is 4.55. The average molecular weight is 497 g/mol. The maximum absolute atomic E-state index is 12.9. The Kier molecular flexibility index (Phi) is 7.35. The predicted molar refractivity (Wildman–Crippen MR) is 99.0 cm³/mol. The van der Waals surface area contributed by atoms with Crippen molar-refractivity contribution < 1.29 is 54.7 Å². The minimum absolute atomic E-state index is 0.0186. The Morgan fingerprint density at radius 3 is 2.62 bits per heavy atom. The van der Waals surface area contributed by atoms with Crippen LogP contribution in [0.4, 0.5) is 26.3 Å². The lowest BCUT2D eigenvalue weighted by atomic mass is 10.2.